The van der Waals surface area contributed by atoms with E-state index in [-0.39, 0.29) is 0 Å². The summed E-state index contributed by atoms with van der Waals surface area (Å²) < 4.78 is 17.6. The first-order valence-electron chi connectivity index (χ1n) is 15.2. The number of anilines is 1. The molecule has 1 unspecified atom stereocenters. The first kappa shape index (κ1) is 27.0. The Kier molecular flexibility index (Phi) is 7.61. The molecule has 0 aliphatic carbocycles. The van der Waals surface area contributed by atoms with E-state index in [1.807, 2.05) is 42.7 Å². The predicted molar refractivity (Wildman–Crippen MR) is 169 cm³/mol. The maximum atomic E-state index is 13.7. The van der Waals surface area contributed by atoms with Crippen LogP contribution < -0.4 is 4.90 Å². The molecule has 9 heteroatoms. The predicted octanol–water partition coefficient (Wildman–Crippen LogP) is 6.18. The third kappa shape index (κ3) is 5.27. The zero-order valence-electron chi connectivity index (χ0n) is 24.1. The highest BCUT2D eigenvalue weighted by Gasteiger charge is 2.23. The maximum absolute atomic E-state index is 13.7. The van der Waals surface area contributed by atoms with E-state index in [1.54, 1.807) is 10.2 Å². The van der Waals surface area contributed by atoms with Crippen molar-refractivity contribution in [3.8, 4) is 22.4 Å². The molecule has 2 aliphatic heterocycles. The van der Waals surface area contributed by atoms with Crippen molar-refractivity contribution in [2.24, 2.45) is 0 Å². The molecule has 2 saturated heterocycles. The molecule has 0 spiro atoms. The van der Waals surface area contributed by atoms with E-state index in [0.717, 1.165) is 78.4 Å². The van der Waals surface area contributed by atoms with Crippen molar-refractivity contribution in [3.63, 3.8) is 0 Å². The number of piperidine rings is 2. The molecular formula is C33H37N7OS. The number of rotatable bonds is 7. The average Bonchev–Trinajstić information content (AvgIpc) is 3.71. The summed E-state index contributed by atoms with van der Waals surface area (Å²) in [6, 6.07) is 18.6. The Morgan fingerprint density at radius 1 is 0.857 bits per heavy atom. The minimum atomic E-state index is -1.46. The molecule has 5 aromatic rings. The van der Waals surface area contributed by atoms with Gasteiger partial charge in [-0.05, 0) is 62.9 Å². The monoisotopic (exact) mass is 579 g/mol. The van der Waals surface area contributed by atoms with E-state index in [4.69, 9.17) is 15.1 Å². The Labute approximate surface area is 249 Å². The van der Waals surface area contributed by atoms with Crippen LogP contribution in [0.4, 0.5) is 5.69 Å². The lowest BCUT2D eigenvalue weighted by molar-refractivity contribution is 0.187. The summed E-state index contributed by atoms with van der Waals surface area (Å²) in [4.78, 5) is 15.6. The van der Waals surface area contributed by atoms with Gasteiger partial charge >= 0.3 is 0 Å². The number of nitrogens with zero attached hydrogens (tertiary/aromatic N) is 7. The summed E-state index contributed by atoms with van der Waals surface area (Å²) in [5.41, 5.74) is 6.28. The Bertz CT molecular complexity index is 1680. The minimum absolute atomic E-state index is 0.383. The van der Waals surface area contributed by atoms with Gasteiger partial charge in [-0.25, -0.2) is 18.1 Å². The summed E-state index contributed by atoms with van der Waals surface area (Å²) in [6.45, 7) is 7.74. The van der Waals surface area contributed by atoms with Gasteiger partial charge in [-0.1, -0.05) is 37.3 Å². The van der Waals surface area contributed by atoms with Gasteiger partial charge in [-0.15, -0.1) is 0 Å². The molecule has 3 aromatic heterocycles. The summed E-state index contributed by atoms with van der Waals surface area (Å²) in [5.74, 6) is 0. The van der Waals surface area contributed by atoms with Gasteiger partial charge in [0.1, 0.15) is 5.52 Å². The maximum Gasteiger partial charge on any atom is 0.171 e. The molecule has 1 atom stereocenters. The third-order valence-corrected chi connectivity index (χ3v) is 10.1. The molecule has 0 saturated carbocycles. The standard InChI is InChI=1S/C33H37N7OS/c1-2-37-19-15-28(16-20-37)39-23-26(21-35-39)30-24-40(42(41)29-9-5-3-6-10-29)33-32(30)36-31(22-34-33)25-11-13-27(14-12-25)38-17-7-4-8-18-38/h3,5-6,9-14,21-24,28H,2,4,7-8,15-20H2,1H3. The molecule has 0 bridgehead atoms. The second-order valence-electron chi connectivity index (χ2n) is 11.3. The lowest BCUT2D eigenvalue weighted by atomic mass is 10.1. The van der Waals surface area contributed by atoms with Crippen molar-refractivity contribution in [1.29, 1.82) is 0 Å². The van der Waals surface area contributed by atoms with Gasteiger partial charge < -0.3 is 9.80 Å². The molecule has 7 rings (SSSR count). The first-order valence-corrected chi connectivity index (χ1v) is 16.3. The van der Waals surface area contributed by atoms with Crippen molar-refractivity contribution in [2.45, 2.75) is 50.0 Å². The zero-order valence-corrected chi connectivity index (χ0v) is 24.9. The fourth-order valence-electron chi connectivity index (χ4n) is 6.26. The first-order chi connectivity index (χ1) is 20.7. The van der Waals surface area contributed by atoms with Gasteiger partial charge in [-0.2, -0.15) is 5.10 Å². The van der Waals surface area contributed by atoms with Crippen molar-refractivity contribution in [3.05, 3.63) is 79.4 Å². The van der Waals surface area contributed by atoms with Crippen molar-refractivity contribution >= 4 is 27.8 Å². The molecule has 2 fully saturated rings. The zero-order chi connectivity index (χ0) is 28.5. The Morgan fingerprint density at radius 2 is 1.62 bits per heavy atom. The molecule has 8 nitrogen and oxygen atoms in total. The van der Waals surface area contributed by atoms with Gasteiger partial charge in [0.05, 0.1) is 29.0 Å². The van der Waals surface area contributed by atoms with Crippen LogP contribution in [0.1, 0.15) is 45.1 Å². The van der Waals surface area contributed by atoms with Crippen LogP contribution in [0, 0.1) is 0 Å². The molecule has 2 aliphatic rings. The van der Waals surface area contributed by atoms with E-state index < -0.39 is 11.0 Å². The molecule has 216 valence electrons. The molecule has 0 N–H and O–H groups in total. The highest BCUT2D eigenvalue weighted by atomic mass is 32.2. The third-order valence-electron chi connectivity index (χ3n) is 8.76. The van der Waals surface area contributed by atoms with Gasteiger partial charge in [0, 0.05) is 61.0 Å². The SMILES string of the molecule is CCN1CCC(n2cc(-c3cn(S(=O)c4ccccc4)c4ncc(-c5ccc(N6CCCCC6)cc5)nc34)cn2)CC1. The van der Waals surface area contributed by atoms with E-state index in [2.05, 4.69) is 51.9 Å². The smallest absolute Gasteiger partial charge is 0.171 e. The second-order valence-corrected chi connectivity index (χ2v) is 12.7. The Morgan fingerprint density at radius 3 is 2.36 bits per heavy atom. The molecular weight excluding hydrogens is 542 g/mol. The molecule has 0 radical (unpaired) electrons. The number of aromatic nitrogens is 5. The Balaban J connectivity index is 1.26. The summed E-state index contributed by atoms with van der Waals surface area (Å²) in [6.07, 6.45) is 13.8. The Hall–Kier alpha value is -3.82. The van der Waals surface area contributed by atoms with Gasteiger partial charge in [0.25, 0.3) is 0 Å². The summed E-state index contributed by atoms with van der Waals surface area (Å²) >= 11 is 0. The molecule has 0 amide bonds. The number of benzene rings is 2. The van der Waals surface area contributed by atoms with Crippen LogP contribution in [0.15, 0.2) is 84.3 Å². The van der Waals surface area contributed by atoms with Gasteiger partial charge in [0.15, 0.2) is 16.6 Å². The number of likely N-dealkylation sites (tertiary alicyclic amines) is 1. The van der Waals surface area contributed by atoms with Gasteiger partial charge in [0.2, 0.25) is 0 Å². The topological polar surface area (TPSA) is 72.1 Å². The van der Waals surface area contributed by atoms with E-state index >= 15 is 0 Å². The van der Waals surface area contributed by atoms with E-state index in [1.165, 1.54) is 24.9 Å². The van der Waals surface area contributed by atoms with Crippen LogP contribution >= 0.6 is 0 Å². The lowest BCUT2D eigenvalue weighted by Crippen LogP contribution is -2.34. The largest absolute Gasteiger partial charge is 0.372 e. The van der Waals surface area contributed by atoms with Crippen LogP contribution in [0.3, 0.4) is 0 Å². The normalized spacial score (nSPS) is 17.6. The highest BCUT2D eigenvalue weighted by molar-refractivity contribution is 7.83. The van der Waals surface area contributed by atoms with Crippen LogP contribution in [0.2, 0.25) is 0 Å². The van der Waals surface area contributed by atoms with E-state index in [0.29, 0.717) is 11.7 Å². The highest BCUT2D eigenvalue weighted by Crippen LogP contribution is 2.33. The second kappa shape index (κ2) is 11.8. The van der Waals surface area contributed by atoms with Crippen LogP contribution in [-0.2, 0) is 11.0 Å². The summed E-state index contributed by atoms with van der Waals surface area (Å²) in [7, 11) is -1.46. The van der Waals surface area contributed by atoms with Crippen LogP contribution in [-0.4, -0.2) is 65.6 Å². The molecule has 5 heterocycles. The number of fused-ring (bicyclic) bond motifs is 1. The van der Waals surface area contributed by atoms with Crippen molar-refractivity contribution in [1.82, 2.24) is 28.6 Å². The number of hydrogen-bond acceptors (Lipinski definition) is 6. The van der Waals surface area contributed by atoms with Crippen molar-refractivity contribution in [2.75, 3.05) is 37.6 Å². The summed E-state index contributed by atoms with van der Waals surface area (Å²) in [5, 5.41) is 4.78. The molecule has 2 aromatic carbocycles. The lowest BCUT2D eigenvalue weighted by Gasteiger charge is -2.31. The van der Waals surface area contributed by atoms with Gasteiger partial charge in [-0.3, -0.25) is 4.68 Å². The van der Waals surface area contributed by atoms with Crippen LogP contribution in [0.25, 0.3) is 33.5 Å². The minimum Gasteiger partial charge on any atom is -0.372 e. The fourth-order valence-corrected chi connectivity index (χ4v) is 7.37. The quantitative estimate of drug-likeness (QED) is 0.229. The fraction of sp³-hybridized carbons (Fsp3) is 0.364. The van der Waals surface area contributed by atoms with Crippen LogP contribution in [0.5, 0.6) is 0 Å². The number of hydrogen-bond donors (Lipinski definition) is 0. The van der Waals surface area contributed by atoms with E-state index in [9.17, 15) is 4.21 Å². The van der Waals surface area contributed by atoms with Crippen molar-refractivity contribution < 1.29 is 4.21 Å². The average molecular weight is 580 g/mol. The molecule has 42 heavy (non-hydrogen) atoms.